The molecule has 88 valence electrons. The van der Waals surface area contributed by atoms with Gasteiger partial charge < -0.3 is 5.32 Å². The van der Waals surface area contributed by atoms with Gasteiger partial charge in [-0.15, -0.1) is 0 Å². The molecule has 0 saturated heterocycles. The molecule has 0 amide bonds. The lowest BCUT2D eigenvalue weighted by molar-refractivity contribution is 0.226. The van der Waals surface area contributed by atoms with E-state index in [-0.39, 0.29) is 16.9 Å². The van der Waals surface area contributed by atoms with Gasteiger partial charge in [0.1, 0.15) is 5.82 Å². The molecule has 1 saturated carbocycles. The summed E-state index contributed by atoms with van der Waals surface area (Å²) in [6, 6.07) is 5.76. The van der Waals surface area contributed by atoms with Crippen LogP contribution in [0.3, 0.4) is 0 Å². The number of hydrogen-bond acceptors (Lipinski definition) is 1. The van der Waals surface area contributed by atoms with Crippen LogP contribution in [0.15, 0.2) is 18.2 Å². The van der Waals surface area contributed by atoms with E-state index in [4.69, 9.17) is 11.6 Å². The largest absolute Gasteiger partial charge is 0.307 e. The fourth-order valence-corrected chi connectivity index (χ4v) is 2.46. The molecule has 1 aromatic rings. The van der Waals surface area contributed by atoms with Crippen molar-refractivity contribution in [2.45, 2.75) is 38.8 Å². The maximum absolute atomic E-state index is 13.0. The Bertz CT molecular complexity index is 374. The van der Waals surface area contributed by atoms with Crippen LogP contribution in [0.25, 0.3) is 0 Å². The van der Waals surface area contributed by atoms with Gasteiger partial charge >= 0.3 is 0 Å². The number of rotatable bonds is 3. The van der Waals surface area contributed by atoms with Gasteiger partial charge in [0.05, 0.1) is 5.02 Å². The Morgan fingerprint density at radius 3 is 2.69 bits per heavy atom. The molecule has 1 aromatic carbocycles. The van der Waals surface area contributed by atoms with Crippen molar-refractivity contribution in [1.82, 2.24) is 5.32 Å². The summed E-state index contributed by atoms with van der Waals surface area (Å²) in [6.07, 6.45) is 2.47. The van der Waals surface area contributed by atoms with E-state index in [1.165, 1.54) is 18.9 Å². The first kappa shape index (κ1) is 11.9. The second-order valence-electron chi connectivity index (χ2n) is 4.84. The van der Waals surface area contributed by atoms with E-state index in [9.17, 15) is 4.39 Å². The van der Waals surface area contributed by atoms with Crippen molar-refractivity contribution in [1.29, 1.82) is 0 Å². The van der Waals surface area contributed by atoms with Crippen molar-refractivity contribution in [3.8, 4) is 0 Å². The molecule has 1 aliphatic rings. The van der Waals surface area contributed by atoms with Crippen LogP contribution in [-0.2, 0) is 0 Å². The molecule has 16 heavy (non-hydrogen) atoms. The van der Waals surface area contributed by atoms with Gasteiger partial charge in [0.15, 0.2) is 0 Å². The molecule has 0 heterocycles. The second-order valence-corrected chi connectivity index (χ2v) is 5.24. The molecule has 1 unspecified atom stereocenters. The van der Waals surface area contributed by atoms with Gasteiger partial charge in [-0.1, -0.05) is 24.6 Å². The van der Waals surface area contributed by atoms with Gasteiger partial charge in [-0.05, 0) is 43.4 Å². The average Bonchev–Trinajstić information content (AvgIpc) is 2.19. The minimum Gasteiger partial charge on any atom is -0.307 e. The van der Waals surface area contributed by atoms with Crippen LogP contribution in [0.1, 0.15) is 38.3 Å². The average molecular weight is 242 g/mol. The van der Waals surface area contributed by atoms with Gasteiger partial charge in [0, 0.05) is 12.1 Å². The molecule has 0 spiro atoms. The summed E-state index contributed by atoms with van der Waals surface area (Å²) in [7, 11) is 0. The van der Waals surface area contributed by atoms with E-state index >= 15 is 0 Å². The van der Waals surface area contributed by atoms with Crippen LogP contribution >= 0.6 is 11.6 Å². The summed E-state index contributed by atoms with van der Waals surface area (Å²) in [5.74, 6) is 0.483. The topological polar surface area (TPSA) is 12.0 Å². The zero-order valence-electron chi connectivity index (χ0n) is 9.63. The quantitative estimate of drug-likeness (QED) is 0.846. The fourth-order valence-electron chi connectivity index (χ4n) is 2.27. The smallest absolute Gasteiger partial charge is 0.141 e. The summed E-state index contributed by atoms with van der Waals surface area (Å²) in [4.78, 5) is 0. The van der Waals surface area contributed by atoms with Gasteiger partial charge in [-0.25, -0.2) is 4.39 Å². The molecule has 0 aliphatic heterocycles. The monoisotopic (exact) mass is 241 g/mol. The third-order valence-corrected chi connectivity index (χ3v) is 3.59. The third kappa shape index (κ3) is 2.55. The Morgan fingerprint density at radius 1 is 1.44 bits per heavy atom. The molecule has 1 atom stereocenters. The maximum atomic E-state index is 13.0. The molecular formula is C13H17ClFN. The SMILES string of the molecule is CC1CC(NC(C)c2ccc(F)c(Cl)c2)C1. The Morgan fingerprint density at radius 2 is 2.12 bits per heavy atom. The lowest BCUT2D eigenvalue weighted by atomic mass is 9.81. The lowest BCUT2D eigenvalue weighted by Crippen LogP contribution is -2.41. The highest BCUT2D eigenvalue weighted by Gasteiger charge is 2.26. The molecule has 1 N–H and O–H groups in total. The fraction of sp³-hybridized carbons (Fsp3) is 0.538. The summed E-state index contributed by atoms with van der Waals surface area (Å²) in [5, 5.41) is 3.73. The van der Waals surface area contributed by atoms with E-state index in [2.05, 4.69) is 19.2 Å². The molecule has 0 aromatic heterocycles. The Labute approximate surface area is 101 Å². The number of benzene rings is 1. The zero-order valence-corrected chi connectivity index (χ0v) is 10.4. The van der Waals surface area contributed by atoms with E-state index in [0.717, 1.165) is 11.5 Å². The van der Waals surface area contributed by atoms with Crippen molar-refractivity contribution in [3.63, 3.8) is 0 Å². The zero-order chi connectivity index (χ0) is 11.7. The highest BCUT2D eigenvalue weighted by atomic mass is 35.5. The number of hydrogen-bond donors (Lipinski definition) is 1. The van der Waals surface area contributed by atoms with Gasteiger partial charge in [-0.3, -0.25) is 0 Å². The summed E-state index contributed by atoms with van der Waals surface area (Å²) < 4.78 is 13.0. The second kappa shape index (κ2) is 4.72. The first-order chi connectivity index (χ1) is 7.56. The van der Waals surface area contributed by atoms with Crippen LogP contribution in [-0.4, -0.2) is 6.04 Å². The van der Waals surface area contributed by atoms with E-state index in [1.807, 2.05) is 0 Å². The molecular weight excluding hydrogens is 225 g/mol. The Kier molecular flexibility index (Phi) is 3.50. The highest BCUT2D eigenvalue weighted by molar-refractivity contribution is 6.30. The minimum atomic E-state index is -0.352. The van der Waals surface area contributed by atoms with Crippen LogP contribution < -0.4 is 5.32 Å². The van der Waals surface area contributed by atoms with Crippen molar-refractivity contribution < 1.29 is 4.39 Å². The Hall–Kier alpha value is -0.600. The van der Waals surface area contributed by atoms with Gasteiger partial charge in [0.2, 0.25) is 0 Å². The first-order valence-corrected chi connectivity index (χ1v) is 6.15. The van der Waals surface area contributed by atoms with Gasteiger partial charge in [-0.2, -0.15) is 0 Å². The summed E-state index contributed by atoms with van der Waals surface area (Å²) in [6.45, 7) is 4.35. The first-order valence-electron chi connectivity index (χ1n) is 5.77. The summed E-state index contributed by atoms with van der Waals surface area (Å²) in [5.41, 5.74) is 1.05. The number of nitrogens with one attached hydrogen (secondary N) is 1. The van der Waals surface area contributed by atoms with Crippen LogP contribution in [0.5, 0.6) is 0 Å². The predicted octanol–water partition coefficient (Wildman–Crippen LogP) is 3.93. The van der Waals surface area contributed by atoms with Crippen molar-refractivity contribution in [2.75, 3.05) is 0 Å². The van der Waals surface area contributed by atoms with Crippen LogP contribution in [0.4, 0.5) is 4.39 Å². The van der Waals surface area contributed by atoms with E-state index in [0.29, 0.717) is 6.04 Å². The molecule has 0 bridgehead atoms. The molecule has 3 heteroatoms. The van der Waals surface area contributed by atoms with Crippen LogP contribution in [0.2, 0.25) is 5.02 Å². The number of halogens is 2. The minimum absolute atomic E-state index is 0.202. The molecule has 0 radical (unpaired) electrons. The summed E-state index contributed by atoms with van der Waals surface area (Å²) >= 11 is 5.76. The highest BCUT2D eigenvalue weighted by Crippen LogP contribution is 2.29. The Balaban J connectivity index is 1.97. The molecule has 2 rings (SSSR count). The van der Waals surface area contributed by atoms with Crippen molar-refractivity contribution >= 4 is 11.6 Å². The molecule has 1 fully saturated rings. The maximum Gasteiger partial charge on any atom is 0.141 e. The van der Waals surface area contributed by atoms with E-state index in [1.54, 1.807) is 12.1 Å². The van der Waals surface area contributed by atoms with Crippen LogP contribution in [0, 0.1) is 11.7 Å². The van der Waals surface area contributed by atoms with Crippen molar-refractivity contribution in [2.24, 2.45) is 5.92 Å². The lowest BCUT2D eigenvalue weighted by Gasteiger charge is -2.35. The standard InChI is InChI=1S/C13H17ClFN/c1-8-5-11(6-8)16-9(2)10-3-4-13(15)12(14)7-10/h3-4,7-9,11,16H,5-6H2,1-2H3. The van der Waals surface area contributed by atoms with Crippen molar-refractivity contribution in [3.05, 3.63) is 34.6 Å². The molecule has 1 aliphatic carbocycles. The van der Waals surface area contributed by atoms with Gasteiger partial charge in [0.25, 0.3) is 0 Å². The third-order valence-electron chi connectivity index (χ3n) is 3.30. The normalized spacial score (nSPS) is 26.2. The molecule has 1 nitrogen and oxygen atoms in total. The van der Waals surface area contributed by atoms with E-state index < -0.39 is 0 Å². The predicted molar refractivity (Wildman–Crippen MR) is 65.1 cm³/mol.